The molecular formula is C16H22N2O. The van der Waals surface area contributed by atoms with Gasteiger partial charge in [-0.1, -0.05) is 39.0 Å². The highest BCUT2D eigenvalue weighted by atomic mass is 16.2. The Bertz CT molecular complexity index is 590. The van der Waals surface area contributed by atoms with Crippen molar-refractivity contribution in [2.75, 3.05) is 6.54 Å². The molecule has 0 saturated carbocycles. The van der Waals surface area contributed by atoms with E-state index in [0.29, 0.717) is 6.54 Å². The van der Waals surface area contributed by atoms with Crippen molar-refractivity contribution in [3.8, 4) is 0 Å². The fourth-order valence-corrected chi connectivity index (χ4v) is 2.22. The minimum Gasteiger partial charge on any atom is -0.358 e. The molecule has 0 unspecified atom stereocenters. The molecule has 19 heavy (non-hydrogen) atoms. The largest absolute Gasteiger partial charge is 0.358 e. The number of benzene rings is 1. The standard InChI is InChI=1S/C16H22N2O/c1-11-12(9-10-17-15(19)16(2,3)4)13-7-5-6-8-14(13)18-11/h5-8,18H,9-10H2,1-4H3,(H,17,19). The van der Waals surface area contributed by atoms with Crippen LogP contribution in [0.4, 0.5) is 0 Å². The Morgan fingerprint density at radius 3 is 2.63 bits per heavy atom. The molecule has 3 heteroatoms. The number of carbonyl (C=O) groups excluding carboxylic acids is 1. The van der Waals surface area contributed by atoms with Gasteiger partial charge in [-0.3, -0.25) is 4.79 Å². The summed E-state index contributed by atoms with van der Waals surface area (Å²) in [4.78, 5) is 15.2. The highest BCUT2D eigenvalue weighted by molar-refractivity contribution is 5.85. The van der Waals surface area contributed by atoms with Crippen LogP contribution in [0.2, 0.25) is 0 Å². The molecule has 1 aromatic carbocycles. The lowest BCUT2D eigenvalue weighted by Gasteiger charge is -2.17. The maximum Gasteiger partial charge on any atom is 0.225 e. The third-order valence-electron chi connectivity index (χ3n) is 3.37. The molecule has 0 aliphatic rings. The first-order chi connectivity index (χ1) is 8.89. The van der Waals surface area contributed by atoms with Crippen LogP contribution in [0.3, 0.4) is 0 Å². The molecule has 0 radical (unpaired) electrons. The van der Waals surface area contributed by atoms with Crippen LogP contribution in [0.1, 0.15) is 32.0 Å². The molecule has 2 N–H and O–H groups in total. The van der Waals surface area contributed by atoms with Gasteiger partial charge in [-0.05, 0) is 25.0 Å². The molecule has 1 amide bonds. The van der Waals surface area contributed by atoms with Crippen LogP contribution in [0.15, 0.2) is 24.3 Å². The lowest BCUT2D eigenvalue weighted by molar-refractivity contribution is -0.128. The van der Waals surface area contributed by atoms with Gasteiger partial charge >= 0.3 is 0 Å². The molecule has 1 heterocycles. The summed E-state index contributed by atoms with van der Waals surface area (Å²) in [7, 11) is 0. The normalized spacial score (nSPS) is 11.8. The zero-order valence-corrected chi connectivity index (χ0v) is 12.1. The number of fused-ring (bicyclic) bond motifs is 1. The number of aryl methyl sites for hydroxylation is 1. The molecule has 0 spiro atoms. The van der Waals surface area contributed by atoms with E-state index < -0.39 is 0 Å². The van der Waals surface area contributed by atoms with Gasteiger partial charge < -0.3 is 10.3 Å². The van der Waals surface area contributed by atoms with E-state index in [1.165, 1.54) is 16.6 Å². The summed E-state index contributed by atoms with van der Waals surface area (Å²) in [6.45, 7) is 8.55. The number of hydrogen-bond donors (Lipinski definition) is 2. The van der Waals surface area contributed by atoms with Crippen molar-refractivity contribution in [3.05, 3.63) is 35.5 Å². The van der Waals surface area contributed by atoms with E-state index in [1.54, 1.807) is 0 Å². The number of hydrogen-bond acceptors (Lipinski definition) is 1. The van der Waals surface area contributed by atoms with Crippen LogP contribution in [0.5, 0.6) is 0 Å². The average Bonchev–Trinajstić information content (AvgIpc) is 2.64. The SMILES string of the molecule is Cc1[nH]c2ccccc2c1CCNC(=O)C(C)(C)C. The molecule has 0 atom stereocenters. The fraction of sp³-hybridized carbons (Fsp3) is 0.438. The van der Waals surface area contributed by atoms with Crippen LogP contribution in [0, 0.1) is 12.3 Å². The Kier molecular flexibility index (Phi) is 3.65. The van der Waals surface area contributed by atoms with Crippen LogP contribution in [-0.4, -0.2) is 17.4 Å². The van der Waals surface area contributed by atoms with Gasteiger partial charge in [-0.2, -0.15) is 0 Å². The summed E-state index contributed by atoms with van der Waals surface area (Å²) in [6.07, 6.45) is 0.859. The predicted molar refractivity (Wildman–Crippen MR) is 79.2 cm³/mol. The molecule has 1 aromatic heterocycles. The van der Waals surface area contributed by atoms with Crippen molar-refractivity contribution in [1.29, 1.82) is 0 Å². The lowest BCUT2D eigenvalue weighted by atomic mass is 9.95. The van der Waals surface area contributed by atoms with Crippen LogP contribution >= 0.6 is 0 Å². The Morgan fingerprint density at radius 2 is 1.95 bits per heavy atom. The van der Waals surface area contributed by atoms with Gasteiger partial charge in [0, 0.05) is 28.6 Å². The molecule has 0 aliphatic carbocycles. The number of amides is 1. The van der Waals surface area contributed by atoms with E-state index in [0.717, 1.165) is 11.9 Å². The van der Waals surface area contributed by atoms with Crippen molar-refractivity contribution in [2.45, 2.75) is 34.1 Å². The van der Waals surface area contributed by atoms with Crippen molar-refractivity contribution in [3.63, 3.8) is 0 Å². The second-order valence-corrected chi connectivity index (χ2v) is 6.03. The third kappa shape index (κ3) is 2.98. The third-order valence-corrected chi connectivity index (χ3v) is 3.37. The maximum atomic E-state index is 11.8. The smallest absolute Gasteiger partial charge is 0.225 e. The predicted octanol–water partition coefficient (Wildman–Crippen LogP) is 3.18. The molecular weight excluding hydrogens is 236 g/mol. The maximum absolute atomic E-state index is 11.8. The minimum absolute atomic E-state index is 0.102. The Balaban J connectivity index is 2.06. The van der Waals surface area contributed by atoms with Gasteiger partial charge in [-0.25, -0.2) is 0 Å². The number of para-hydroxylation sites is 1. The summed E-state index contributed by atoms with van der Waals surface area (Å²) in [5.41, 5.74) is 3.32. The number of carbonyl (C=O) groups is 1. The first-order valence-corrected chi connectivity index (χ1v) is 6.74. The molecule has 0 bridgehead atoms. The van der Waals surface area contributed by atoms with E-state index in [4.69, 9.17) is 0 Å². The van der Waals surface area contributed by atoms with Crippen LogP contribution in [-0.2, 0) is 11.2 Å². The topological polar surface area (TPSA) is 44.9 Å². The Hall–Kier alpha value is -1.77. The van der Waals surface area contributed by atoms with Gasteiger partial charge in [0.05, 0.1) is 0 Å². The van der Waals surface area contributed by atoms with Crippen LogP contribution in [0.25, 0.3) is 10.9 Å². The van der Waals surface area contributed by atoms with Gasteiger partial charge in [0.2, 0.25) is 5.91 Å². The average molecular weight is 258 g/mol. The van der Waals surface area contributed by atoms with Crippen LogP contribution < -0.4 is 5.32 Å². The summed E-state index contributed by atoms with van der Waals surface area (Å²) in [6, 6.07) is 8.29. The van der Waals surface area contributed by atoms with Gasteiger partial charge in [-0.15, -0.1) is 0 Å². The molecule has 0 fully saturated rings. The lowest BCUT2D eigenvalue weighted by Crippen LogP contribution is -2.35. The van der Waals surface area contributed by atoms with Gasteiger partial charge in [0.15, 0.2) is 0 Å². The number of aromatic amines is 1. The van der Waals surface area contributed by atoms with Gasteiger partial charge in [0.1, 0.15) is 0 Å². The summed E-state index contributed by atoms with van der Waals surface area (Å²) in [5.74, 6) is 0.102. The zero-order chi connectivity index (χ0) is 14.0. The first-order valence-electron chi connectivity index (χ1n) is 6.74. The minimum atomic E-state index is -0.324. The molecule has 3 nitrogen and oxygen atoms in total. The summed E-state index contributed by atoms with van der Waals surface area (Å²) < 4.78 is 0. The summed E-state index contributed by atoms with van der Waals surface area (Å²) >= 11 is 0. The van der Waals surface area contributed by atoms with Gasteiger partial charge in [0.25, 0.3) is 0 Å². The van der Waals surface area contributed by atoms with E-state index in [1.807, 2.05) is 32.9 Å². The number of aromatic nitrogens is 1. The monoisotopic (exact) mass is 258 g/mol. The Morgan fingerprint density at radius 1 is 1.26 bits per heavy atom. The van der Waals surface area contributed by atoms with E-state index >= 15 is 0 Å². The van der Waals surface area contributed by atoms with Crippen molar-refractivity contribution in [2.24, 2.45) is 5.41 Å². The highest BCUT2D eigenvalue weighted by Gasteiger charge is 2.20. The fourth-order valence-electron chi connectivity index (χ4n) is 2.22. The molecule has 0 saturated heterocycles. The first kappa shape index (κ1) is 13.7. The zero-order valence-electron chi connectivity index (χ0n) is 12.1. The Labute approximate surface area is 114 Å². The molecule has 2 aromatic rings. The number of nitrogens with one attached hydrogen (secondary N) is 2. The molecule has 102 valence electrons. The van der Waals surface area contributed by atoms with Crippen molar-refractivity contribution < 1.29 is 4.79 Å². The van der Waals surface area contributed by atoms with Crippen molar-refractivity contribution in [1.82, 2.24) is 10.3 Å². The highest BCUT2D eigenvalue weighted by Crippen LogP contribution is 2.22. The number of H-pyrrole nitrogens is 1. The second-order valence-electron chi connectivity index (χ2n) is 6.03. The molecule has 0 aliphatic heterocycles. The van der Waals surface area contributed by atoms with E-state index in [9.17, 15) is 4.79 Å². The summed E-state index contributed by atoms with van der Waals surface area (Å²) in [5, 5.41) is 4.25. The second kappa shape index (κ2) is 5.08. The number of rotatable bonds is 3. The van der Waals surface area contributed by atoms with Crippen molar-refractivity contribution >= 4 is 16.8 Å². The quantitative estimate of drug-likeness (QED) is 0.872. The molecule has 2 rings (SSSR count). The van der Waals surface area contributed by atoms with E-state index in [-0.39, 0.29) is 11.3 Å². The van der Waals surface area contributed by atoms with E-state index in [2.05, 4.69) is 29.4 Å².